The summed E-state index contributed by atoms with van der Waals surface area (Å²) >= 11 is 0. The Kier molecular flexibility index (Phi) is 5.45. The highest BCUT2D eigenvalue weighted by molar-refractivity contribution is 6.06. The van der Waals surface area contributed by atoms with Gasteiger partial charge in [0, 0.05) is 29.1 Å². The van der Waals surface area contributed by atoms with E-state index in [-0.39, 0.29) is 5.78 Å². The van der Waals surface area contributed by atoms with E-state index in [9.17, 15) is 9.59 Å². The van der Waals surface area contributed by atoms with Gasteiger partial charge in [-0.15, -0.1) is 0 Å². The fourth-order valence-corrected chi connectivity index (χ4v) is 3.37. The number of rotatable bonds is 5. The molecule has 1 amide bonds. The number of H-pyrrole nitrogens is 1. The molecule has 0 unspecified atom stereocenters. The number of benzene rings is 1. The zero-order chi connectivity index (χ0) is 20.4. The standard InChI is InChI=1S/C23H27N2O3/c1-22(2,3)28-21(27)25-23(4,20(26)16-10-6-5-7-11-16)14-17-15-24-19-13-9-8-12-18(17)19/h5-6,8-13,15,24H,7,14H2,1-4H3,(H,25,27)/t23-/m0/s1. The van der Waals surface area contributed by atoms with Crippen LogP contribution < -0.4 is 5.32 Å². The highest BCUT2D eigenvalue weighted by atomic mass is 16.6. The first kappa shape index (κ1) is 19.9. The average Bonchev–Trinajstić information content (AvgIpc) is 3.03. The van der Waals surface area contributed by atoms with Gasteiger partial charge in [0.1, 0.15) is 11.1 Å². The minimum Gasteiger partial charge on any atom is -0.444 e. The quantitative estimate of drug-likeness (QED) is 0.794. The van der Waals surface area contributed by atoms with Crippen LogP contribution in [0.5, 0.6) is 0 Å². The molecule has 3 rings (SSSR count). The molecule has 2 aromatic rings. The maximum Gasteiger partial charge on any atom is 0.408 e. The van der Waals surface area contributed by atoms with E-state index in [1.165, 1.54) is 0 Å². The smallest absolute Gasteiger partial charge is 0.408 e. The van der Waals surface area contributed by atoms with Crippen molar-refractivity contribution in [3.05, 3.63) is 66.2 Å². The lowest BCUT2D eigenvalue weighted by Gasteiger charge is -2.32. The Hall–Kier alpha value is -2.82. The third-order valence-corrected chi connectivity index (χ3v) is 4.64. The van der Waals surface area contributed by atoms with Gasteiger partial charge in [0.15, 0.2) is 5.78 Å². The van der Waals surface area contributed by atoms with Crippen LogP contribution in [0.2, 0.25) is 0 Å². The van der Waals surface area contributed by atoms with Crippen molar-refractivity contribution < 1.29 is 14.3 Å². The third-order valence-electron chi connectivity index (χ3n) is 4.64. The molecule has 1 aliphatic rings. The Morgan fingerprint density at radius 3 is 2.61 bits per heavy atom. The number of Topliss-reactive ketones (excluding diaryl/α,β-unsaturated/α-hetero) is 1. The number of aromatic nitrogens is 1. The van der Waals surface area contributed by atoms with E-state index in [1.54, 1.807) is 33.8 Å². The van der Waals surface area contributed by atoms with Gasteiger partial charge in [-0.2, -0.15) is 0 Å². The first-order valence-corrected chi connectivity index (χ1v) is 9.49. The lowest BCUT2D eigenvalue weighted by molar-refractivity contribution is -0.121. The van der Waals surface area contributed by atoms with Crippen LogP contribution in [-0.4, -0.2) is 28.0 Å². The average molecular weight is 379 g/mol. The van der Waals surface area contributed by atoms with Crippen LogP contribution in [0.25, 0.3) is 10.9 Å². The molecule has 5 nitrogen and oxygen atoms in total. The Morgan fingerprint density at radius 2 is 1.93 bits per heavy atom. The highest BCUT2D eigenvalue weighted by Gasteiger charge is 2.38. The van der Waals surface area contributed by atoms with Gasteiger partial charge in [0.2, 0.25) is 0 Å². The largest absolute Gasteiger partial charge is 0.444 e. The molecule has 147 valence electrons. The molecule has 1 heterocycles. The number of carbonyl (C=O) groups is 2. The second kappa shape index (κ2) is 7.66. The van der Waals surface area contributed by atoms with E-state index in [0.29, 0.717) is 18.4 Å². The number of para-hydroxylation sites is 1. The molecule has 1 aromatic carbocycles. The van der Waals surface area contributed by atoms with E-state index in [4.69, 9.17) is 4.74 Å². The number of aromatic amines is 1. The molecule has 5 heteroatoms. The maximum atomic E-state index is 13.4. The van der Waals surface area contributed by atoms with Crippen LogP contribution in [0.3, 0.4) is 0 Å². The molecule has 28 heavy (non-hydrogen) atoms. The molecule has 0 fully saturated rings. The number of ketones is 1. The molecule has 0 spiro atoms. The van der Waals surface area contributed by atoms with Crippen molar-refractivity contribution in [2.75, 3.05) is 0 Å². The molecule has 0 saturated heterocycles. The topological polar surface area (TPSA) is 71.2 Å². The van der Waals surface area contributed by atoms with Crippen LogP contribution >= 0.6 is 0 Å². The number of fused-ring (bicyclic) bond motifs is 1. The SMILES string of the molecule is CC(C)(C)OC(=O)N[C@@](C)(Cc1c[nH]c2ccccc12)C(=O)C1=CC=CC[CH]1. The highest BCUT2D eigenvalue weighted by Crippen LogP contribution is 2.27. The molecule has 0 aliphatic heterocycles. The summed E-state index contributed by atoms with van der Waals surface area (Å²) in [4.78, 5) is 29.1. The Morgan fingerprint density at radius 1 is 1.18 bits per heavy atom. The van der Waals surface area contributed by atoms with Gasteiger partial charge in [0.05, 0.1) is 0 Å². The molecular formula is C23H27N2O3. The van der Waals surface area contributed by atoms with E-state index in [2.05, 4.69) is 10.3 Å². The zero-order valence-corrected chi connectivity index (χ0v) is 16.8. The minimum atomic E-state index is -1.14. The fraction of sp³-hybridized carbons (Fsp3) is 0.348. The third kappa shape index (κ3) is 4.53. The van der Waals surface area contributed by atoms with Crippen LogP contribution in [0.15, 0.2) is 54.3 Å². The van der Waals surface area contributed by atoms with Crippen LogP contribution in [0.1, 0.15) is 39.7 Å². The molecule has 1 radical (unpaired) electrons. The number of alkyl carbamates (subject to hydrolysis) is 1. The summed E-state index contributed by atoms with van der Waals surface area (Å²) in [6.45, 7) is 7.16. The second-order valence-electron chi connectivity index (χ2n) is 8.31. The second-order valence-corrected chi connectivity index (χ2v) is 8.31. The zero-order valence-electron chi connectivity index (χ0n) is 16.8. The first-order chi connectivity index (χ1) is 13.2. The van der Waals surface area contributed by atoms with Crippen molar-refractivity contribution in [2.24, 2.45) is 0 Å². The van der Waals surface area contributed by atoms with Gasteiger partial charge in [-0.25, -0.2) is 4.79 Å². The van der Waals surface area contributed by atoms with Crippen molar-refractivity contribution >= 4 is 22.8 Å². The monoisotopic (exact) mass is 379 g/mol. The maximum absolute atomic E-state index is 13.4. The van der Waals surface area contributed by atoms with E-state index >= 15 is 0 Å². The predicted molar refractivity (Wildman–Crippen MR) is 111 cm³/mol. The summed E-state index contributed by atoms with van der Waals surface area (Å²) in [7, 11) is 0. The lowest BCUT2D eigenvalue weighted by Crippen LogP contribution is -2.55. The summed E-state index contributed by atoms with van der Waals surface area (Å²) in [5.41, 5.74) is 0.778. The molecule has 0 bridgehead atoms. The lowest BCUT2D eigenvalue weighted by atomic mass is 9.82. The number of ether oxygens (including phenoxy) is 1. The number of allylic oxidation sites excluding steroid dienone is 3. The number of carbonyl (C=O) groups excluding carboxylic acids is 2. The Balaban J connectivity index is 1.93. The molecule has 0 saturated carbocycles. The van der Waals surface area contributed by atoms with Crippen LogP contribution in [-0.2, 0) is 16.0 Å². The summed E-state index contributed by atoms with van der Waals surface area (Å²) in [6, 6.07) is 7.91. The van der Waals surface area contributed by atoms with Gasteiger partial charge in [0.25, 0.3) is 0 Å². The first-order valence-electron chi connectivity index (χ1n) is 9.49. The molecular weight excluding hydrogens is 352 g/mol. The van der Waals surface area contributed by atoms with Crippen molar-refractivity contribution in [2.45, 2.75) is 51.7 Å². The summed E-state index contributed by atoms with van der Waals surface area (Å²) in [5.74, 6) is -0.131. The van der Waals surface area contributed by atoms with Crippen molar-refractivity contribution in [1.29, 1.82) is 0 Å². The van der Waals surface area contributed by atoms with Crippen molar-refractivity contribution in [3.63, 3.8) is 0 Å². The minimum absolute atomic E-state index is 0.131. The van der Waals surface area contributed by atoms with Crippen molar-refractivity contribution in [3.8, 4) is 0 Å². The van der Waals surface area contributed by atoms with E-state index in [1.807, 2.05) is 49.0 Å². The van der Waals surface area contributed by atoms with Crippen LogP contribution in [0.4, 0.5) is 4.79 Å². The summed E-state index contributed by atoms with van der Waals surface area (Å²) < 4.78 is 5.42. The molecule has 1 aliphatic carbocycles. The van der Waals surface area contributed by atoms with E-state index < -0.39 is 17.2 Å². The van der Waals surface area contributed by atoms with Crippen LogP contribution in [0, 0.1) is 6.42 Å². The number of hydrogen-bond acceptors (Lipinski definition) is 3. The van der Waals surface area contributed by atoms with Gasteiger partial charge < -0.3 is 15.0 Å². The number of amides is 1. The van der Waals surface area contributed by atoms with Crippen molar-refractivity contribution in [1.82, 2.24) is 10.3 Å². The molecule has 2 N–H and O–H groups in total. The van der Waals surface area contributed by atoms with Gasteiger partial charge in [-0.3, -0.25) is 4.79 Å². The summed E-state index contributed by atoms with van der Waals surface area (Å²) in [5, 5.41) is 3.88. The molecule has 1 aromatic heterocycles. The normalized spacial score (nSPS) is 16.4. The van der Waals surface area contributed by atoms with E-state index in [0.717, 1.165) is 16.5 Å². The number of nitrogens with one attached hydrogen (secondary N) is 2. The van der Waals surface area contributed by atoms with Gasteiger partial charge >= 0.3 is 6.09 Å². The van der Waals surface area contributed by atoms with Gasteiger partial charge in [-0.05, 0) is 52.2 Å². The number of hydrogen-bond donors (Lipinski definition) is 2. The fourth-order valence-electron chi connectivity index (χ4n) is 3.37. The van der Waals surface area contributed by atoms with Gasteiger partial charge in [-0.1, -0.05) is 36.4 Å². The summed E-state index contributed by atoms with van der Waals surface area (Å²) in [6.07, 6.45) is 9.86. The Labute approximate surface area is 165 Å². The Bertz CT molecular complexity index is 946. The predicted octanol–water partition coefficient (Wildman–Crippen LogP) is 4.65. The molecule has 1 atom stereocenters.